The second kappa shape index (κ2) is 13.7. The van der Waals surface area contributed by atoms with Crippen molar-refractivity contribution in [1.29, 1.82) is 0 Å². The Hall–Kier alpha value is -4.41. The number of H-pyrrole nitrogens is 1. The molecule has 3 aromatic carbocycles. The molecule has 0 aliphatic rings. The molecule has 0 fully saturated rings. The number of nitrogens with two attached hydrogens (primary N) is 1. The van der Waals surface area contributed by atoms with Crippen LogP contribution in [0.15, 0.2) is 65.6 Å². The Labute approximate surface area is 277 Å². The van der Waals surface area contributed by atoms with Crippen LogP contribution in [0.5, 0.6) is 0 Å². The van der Waals surface area contributed by atoms with Gasteiger partial charge in [0.15, 0.2) is 0 Å². The number of halogens is 9. The first-order chi connectivity index (χ1) is 22.9. The van der Waals surface area contributed by atoms with Crippen LogP contribution in [-0.4, -0.2) is 45.9 Å². The van der Waals surface area contributed by atoms with Crippen LogP contribution in [0.3, 0.4) is 0 Å². The van der Waals surface area contributed by atoms with Gasteiger partial charge in [-0.15, -0.1) is 0 Å². The molecule has 1 heterocycles. The van der Waals surface area contributed by atoms with Crippen molar-refractivity contribution in [3.8, 4) is 0 Å². The lowest BCUT2D eigenvalue weighted by Crippen LogP contribution is -2.40. The van der Waals surface area contributed by atoms with E-state index in [1.807, 2.05) is 4.72 Å². The van der Waals surface area contributed by atoms with Crippen molar-refractivity contribution in [3.63, 3.8) is 0 Å². The lowest BCUT2D eigenvalue weighted by atomic mass is 10.1. The van der Waals surface area contributed by atoms with Gasteiger partial charge in [0.05, 0.1) is 51.0 Å². The number of esters is 1. The standard InChI is InChI=1S/C28H24F9N5O6S2/c1-2-48-24(43)14-42(50(38,46)47)19-6-3-15(4-7-19)9-23(25-39-21-8-5-16(26(29,30)31)13-22(21)40-25)41-49(44,45)20-11-17(27(32,33)34)10-18(12-20)28(35,36)37/h3-8,10-13,23,41H,2,9,14H2,1H3,(H,39,40)(H2,38,46,47)/t23-/m0/s1. The predicted molar refractivity (Wildman–Crippen MR) is 158 cm³/mol. The van der Waals surface area contributed by atoms with Gasteiger partial charge >= 0.3 is 24.5 Å². The first-order valence-corrected chi connectivity index (χ1v) is 16.8. The number of sulfonamides is 1. The number of hydrogen-bond acceptors (Lipinski definition) is 7. The molecule has 1 atom stereocenters. The van der Waals surface area contributed by atoms with E-state index in [2.05, 4.69) is 9.97 Å². The number of imidazole rings is 1. The van der Waals surface area contributed by atoms with Gasteiger partial charge < -0.3 is 9.72 Å². The van der Waals surface area contributed by atoms with Gasteiger partial charge in [0.25, 0.3) is 10.2 Å². The van der Waals surface area contributed by atoms with Crippen molar-refractivity contribution in [3.05, 3.63) is 88.7 Å². The second-order valence-corrected chi connectivity index (χ2v) is 13.7. The number of alkyl halides is 9. The molecule has 0 spiro atoms. The maximum Gasteiger partial charge on any atom is 0.416 e. The average Bonchev–Trinajstić information content (AvgIpc) is 3.42. The lowest BCUT2D eigenvalue weighted by Gasteiger charge is -2.22. The fourth-order valence-corrected chi connectivity index (χ4v) is 6.56. The van der Waals surface area contributed by atoms with Crippen LogP contribution >= 0.6 is 0 Å². The molecule has 0 saturated carbocycles. The van der Waals surface area contributed by atoms with E-state index in [0.29, 0.717) is 16.4 Å². The molecule has 1 aromatic heterocycles. The smallest absolute Gasteiger partial charge is 0.416 e. The third kappa shape index (κ3) is 9.22. The number of fused-ring (bicyclic) bond motifs is 1. The summed E-state index contributed by atoms with van der Waals surface area (Å²) in [5.41, 5.74) is -5.32. The summed E-state index contributed by atoms with van der Waals surface area (Å²) in [5.74, 6) is -1.34. The summed E-state index contributed by atoms with van der Waals surface area (Å²) < 4.78 is 179. The normalized spacial score (nSPS) is 13.7. The monoisotopic (exact) mass is 761 g/mol. The molecule has 22 heteroatoms. The Morgan fingerprint density at radius 3 is 1.92 bits per heavy atom. The molecule has 4 aromatic rings. The van der Waals surface area contributed by atoms with Crippen molar-refractivity contribution < 1.29 is 65.9 Å². The zero-order valence-corrected chi connectivity index (χ0v) is 26.7. The zero-order valence-electron chi connectivity index (χ0n) is 25.1. The Morgan fingerprint density at radius 1 is 0.860 bits per heavy atom. The van der Waals surface area contributed by atoms with Gasteiger partial charge in [0.1, 0.15) is 12.4 Å². The minimum absolute atomic E-state index is 0.0247. The predicted octanol–water partition coefficient (Wildman–Crippen LogP) is 5.45. The minimum atomic E-state index is -5.39. The molecule has 11 nitrogen and oxygen atoms in total. The van der Waals surface area contributed by atoms with Crippen LogP contribution < -0.4 is 14.2 Å². The maximum absolute atomic E-state index is 13.5. The van der Waals surface area contributed by atoms with Gasteiger partial charge in [-0.3, -0.25) is 4.79 Å². The fraction of sp³-hybridized carbons (Fsp3) is 0.286. The van der Waals surface area contributed by atoms with E-state index in [0.717, 1.165) is 18.2 Å². The Morgan fingerprint density at radius 2 is 1.42 bits per heavy atom. The van der Waals surface area contributed by atoms with E-state index >= 15 is 0 Å². The van der Waals surface area contributed by atoms with Gasteiger partial charge in [0, 0.05) is 0 Å². The molecular formula is C28H24F9N5O6S2. The Kier molecular flexibility index (Phi) is 10.5. The summed E-state index contributed by atoms with van der Waals surface area (Å²) >= 11 is 0. The quantitative estimate of drug-likeness (QED) is 0.135. The molecule has 0 radical (unpaired) electrons. The second-order valence-electron chi connectivity index (χ2n) is 10.5. The summed E-state index contributed by atoms with van der Waals surface area (Å²) in [5, 5.41) is 5.21. The summed E-state index contributed by atoms with van der Waals surface area (Å²) in [6.07, 6.45) is -16.1. The number of rotatable bonds is 11. The number of aromatic amines is 1. The number of aromatic nitrogens is 2. The number of benzene rings is 3. The maximum atomic E-state index is 13.5. The van der Waals surface area contributed by atoms with E-state index in [1.54, 1.807) is 0 Å². The van der Waals surface area contributed by atoms with Crippen molar-refractivity contribution >= 4 is 42.9 Å². The van der Waals surface area contributed by atoms with E-state index < -0.39 is 85.3 Å². The van der Waals surface area contributed by atoms with Crippen molar-refractivity contribution in [1.82, 2.24) is 14.7 Å². The van der Waals surface area contributed by atoms with Crippen LogP contribution in [0.4, 0.5) is 45.2 Å². The van der Waals surface area contributed by atoms with Crippen LogP contribution in [0.1, 0.15) is 41.0 Å². The highest BCUT2D eigenvalue weighted by molar-refractivity contribution is 7.90. The summed E-state index contributed by atoms with van der Waals surface area (Å²) in [6, 6.07) is 5.00. The molecule has 272 valence electrons. The number of hydrogen-bond donors (Lipinski definition) is 3. The number of ether oxygens (including phenoxy) is 1. The molecule has 0 aliphatic carbocycles. The number of nitrogens with zero attached hydrogens (tertiary/aromatic N) is 2. The Bertz CT molecular complexity index is 2070. The van der Waals surface area contributed by atoms with Crippen LogP contribution in [0.25, 0.3) is 11.0 Å². The van der Waals surface area contributed by atoms with Crippen molar-refractivity contribution in [2.75, 3.05) is 17.5 Å². The van der Waals surface area contributed by atoms with E-state index in [9.17, 15) is 61.1 Å². The molecular weight excluding hydrogens is 737 g/mol. The number of nitrogens with one attached hydrogen (secondary N) is 2. The molecule has 4 N–H and O–H groups in total. The average molecular weight is 762 g/mol. The first-order valence-electron chi connectivity index (χ1n) is 13.8. The third-order valence-electron chi connectivity index (χ3n) is 6.88. The fourth-order valence-electron chi connectivity index (χ4n) is 4.59. The zero-order chi connectivity index (χ0) is 37.4. The van der Waals surface area contributed by atoms with Gasteiger partial charge in [0.2, 0.25) is 10.0 Å². The molecule has 0 aliphatic heterocycles. The van der Waals surface area contributed by atoms with Crippen molar-refractivity contribution in [2.45, 2.75) is 42.8 Å². The molecule has 50 heavy (non-hydrogen) atoms. The molecule has 0 saturated heterocycles. The summed E-state index contributed by atoms with van der Waals surface area (Å²) in [7, 11) is -9.80. The Balaban J connectivity index is 1.79. The number of anilines is 1. The van der Waals surface area contributed by atoms with Gasteiger partial charge in [-0.1, -0.05) is 12.1 Å². The molecule has 0 bridgehead atoms. The van der Waals surface area contributed by atoms with Gasteiger partial charge in [-0.2, -0.15) is 47.9 Å². The largest absolute Gasteiger partial charge is 0.465 e. The van der Waals surface area contributed by atoms with E-state index in [-0.39, 0.29) is 52.9 Å². The topological polar surface area (TPSA) is 165 Å². The highest BCUT2D eigenvalue weighted by Crippen LogP contribution is 2.38. The van der Waals surface area contributed by atoms with Crippen LogP contribution in [-0.2, 0) is 54.7 Å². The van der Waals surface area contributed by atoms with Crippen LogP contribution in [0.2, 0.25) is 0 Å². The van der Waals surface area contributed by atoms with E-state index in [4.69, 9.17) is 9.88 Å². The van der Waals surface area contributed by atoms with Gasteiger partial charge in [-0.05, 0) is 67.4 Å². The highest BCUT2D eigenvalue weighted by Gasteiger charge is 2.39. The summed E-state index contributed by atoms with van der Waals surface area (Å²) in [4.78, 5) is 17.1. The SMILES string of the molecule is CCOC(=O)CN(c1ccc(C[C@H](NS(=O)(=O)c2cc(C(F)(F)F)cc(C(F)(F)F)c2)c2nc3ccc(C(F)(F)F)cc3[nH]2)cc1)S(N)(=O)=O. The molecule has 4 rings (SSSR count). The van der Waals surface area contributed by atoms with Crippen molar-refractivity contribution in [2.24, 2.45) is 5.14 Å². The number of carbonyl (C=O) groups excluding carboxylic acids is 1. The summed E-state index contributed by atoms with van der Waals surface area (Å²) in [6.45, 7) is 0.563. The number of carbonyl (C=O) groups is 1. The third-order valence-corrected chi connectivity index (χ3v) is 9.28. The van der Waals surface area contributed by atoms with E-state index in [1.165, 1.54) is 19.1 Å². The molecule has 0 unspecified atom stereocenters. The van der Waals surface area contributed by atoms with Crippen LogP contribution in [0, 0.1) is 0 Å². The van der Waals surface area contributed by atoms with Gasteiger partial charge in [-0.25, -0.2) is 27.6 Å². The highest BCUT2D eigenvalue weighted by atomic mass is 32.2. The lowest BCUT2D eigenvalue weighted by molar-refractivity contribution is -0.144. The first kappa shape index (κ1) is 38.4. The molecule has 0 amide bonds. The minimum Gasteiger partial charge on any atom is -0.465 e.